The van der Waals surface area contributed by atoms with Gasteiger partial charge in [0.05, 0.1) is 23.1 Å². The van der Waals surface area contributed by atoms with Crippen molar-refractivity contribution in [3.8, 4) is 5.75 Å². The first-order chi connectivity index (χ1) is 16.5. The Morgan fingerprint density at radius 2 is 1.88 bits per heavy atom. The second-order valence-corrected chi connectivity index (χ2v) is 9.76. The van der Waals surface area contributed by atoms with Crippen molar-refractivity contribution >= 4 is 23.0 Å². The van der Waals surface area contributed by atoms with Crippen LogP contribution in [0.1, 0.15) is 47.1 Å². The predicted octanol–water partition coefficient (Wildman–Crippen LogP) is 5.99. The summed E-state index contributed by atoms with van der Waals surface area (Å²) < 4.78 is 5.94. The number of aliphatic hydroxyl groups is 1. The van der Waals surface area contributed by atoms with Crippen molar-refractivity contribution in [2.24, 2.45) is 5.92 Å². The first kappa shape index (κ1) is 23.8. The minimum absolute atomic E-state index is 0.125. The van der Waals surface area contributed by atoms with Gasteiger partial charge in [-0.25, -0.2) is 0 Å². The molecule has 176 valence electrons. The van der Waals surface area contributed by atoms with Crippen molar-refractivity contribution in [2.75, 3.05) is 13.2 Å². The molecule has 1 aliphatic heterocycles. The molecular formula is C28H29NO4S. The van der Waals surface area contributed by atoms with Crippen molar-refractivity contribution in [1.29, 1.82) is 0 Å². The Balaban J connectivity index is 1.67. The number of carbonyl (C=O) groups excluding carboxylic acids is 2. The molecule has 1 atom stereocenters. The van der Waals surface area contributed by atoms with Crippen LogP contribution in [0.3, 0.4) is 0 Å². The monoisotopic (exact) mass is 475 g/mol. The van der Waals surface area contributed by atoms with Crippen molar-refractivity contribution < 1.29 is 19.4 Å². The summed E-state index contributed by atoms with van der Waals surface area (Å²) in [6, 6.07) is 20.2. The molecule has 1 N–H and O–H groups in total. The number of ketones is 1. The zero-order valence-electron chi connectivity index (χ0n) is 19.4. The zero-order valence-corrected chi connectivity index (χ0v) is 20.3. The van der Waals surface area contributed by atoms with Crippen molar-refractivity contribution in [2.45, 2.75) is 32.7 Å². The van der Waals surface area contributed by atoms with Crippen LogP contribution in [0, 0.1) is 5.92 Å². The maximum absolute atomic E-state index is 13.4. The second-order valence-electron chi connectivity index (χ2n) is 8.81. The van der Waals surface area contributed by atoms with Gasteiger partial charge in [-0.05, 0) is 53.5 Å². The largest absolute Gasteiger partial charge is 0.503 e. The number of nitrogens with zero attached hydrogens (tertiary/aromatic N) is 1. The van der Waals surface area contributed by atoms with Crippen LogP contribution >= 0.6 is 11.3 Å². The standard InChI is InChI=1S/C28H29NO4S/c1-19(2)14-16-33-22-11-6-10-21(18-22)25-24(26(30)23-12-7-17-34-23)27(31)28(32)29(25)15-13-20-8-4-3-5-9-20/h3-12,17-19,25,31H,13-16H2,1-2H3. The molecule has 2 heterocycles. The minimum atomic E-state index is -0.681. The maximum atomic E-state index is 13.4. The Hall–Kier alpha value is -3.38. The number of hydrogen-bond donors (Lipinski definition) is 1. The van der Waals surface area contributed by atoms with E-state index in [0.29, 0.717) is 36.1 Å². The number of benzene rings is 2. The Bertz CT molecular complexity index is 1170. The van der Waals surface area contributed by atoms with Gasteiger partial charge in [0, 0.05) is 6.54 Å². The molecule has 0 saturated carbocycles. The highest BCUT2D eigenvalue weighted by molar-refractivity contribution is 7.12. The number of hydrogen-bond acceptors (Lipinski definition) is 5. The fourth-order valence-corrected chi connectivity index (χ4v) is 4.76. The zero-order chi connectivity index (χ0) is 24.1. The minimum Gasteiger partial charge on any atom is -0.503 e. The van der Waals surface area contributed by atoms with Gasteiger partial charge in [-0.15, -0.1) is 11.3 Å². The van der Waals surface area contributed by atoms with Crippen LogP contribution in [0.15, 0.2) is 83.4 Å². The molecule has 1 aromatic heterocycles. The first-order valence-electron chi connectivity index (χ1n) is 11.5. The third-order valence-electron chi connectivity index (χ3n) is 5.92. The molecule has 4 rings (SSSR count). The van der Waals surface area contributed by atoms with E-state index in [4.69, 9.17) is 4.74 Å². The summed E-state index contributed by atoms with van der Waals surface area (Å²) in [5.41, 5.74) is 1.95. The highest BCUT2D eigenvalue weighted by Gasteiger charge is 2.43. The quantitative estimate of drug-likeness (QED) is 0.366. The fraction of sp³-hybridized carbons (Fsp3) is 0.286. The van der Waals surface area contributed by atoms with Gasteiger partial charge in [0.2, 0.25) is 5.78 Å². The average molecular weight is 476 g/mol. The summed E-state index contributed by atoms with van der Waals surface area (Å²) in [5.74, 6) is -0.101. The summed E-state index contributed by atoms with van der Waals surface area (Å²) in [6.07, 6.45) is 1.54. The Labute approximate surface area is 204 Å². The molecule has 0 saturated heterocycles. The van der Waals surface area contributed by atoms with E-state index in [0.717, 1.165) is 17.5 Å². The molecule has 0 spiro atoms. The number of aliphatic hydroxyl groups excluding tert-OH is 1. The number of ether oxygens (including phenoxy) is 1. The fourth-order valence-electron chi connectivity index (χ4n) is 4.08. The third-order valence-corrected chi connectivity index (χ3v) is 6.78. The topological polar surface area (TPSA) is 66.8 Å². The molecule has 6 heteroatoms. The molecule has 1 aliphatic rings. The molecule has 3 aromatic rings. The van der Waals surface area contributed by atoms with Crippen molar-refractivity contribution in [1.82, 2.24) is 4.90 Å². The van der Waals surface area contributed by atoms with Gasteiger partial charge in [0.1, 0.15) is 5.75 Å². The first-order valence-corrected chi connectivity index (χ1v) is 12.4. The van der Waals surface area contributed by atoms with Gasteiger partial charge in [-0.2, -0.15) is 0 Å². The Kier molecular flexibility index (Phi) is 7.48. The van der Waals surface area contributed by atoms with Crippen LogP contribution in [0.2, 0.25) is 0 Å². The summed E-state index contributed by atoms with van der Waals surface area (Å²) in [4.78, 5) is 28.6. The van der Waals surface area contributed by atoms with Gasteiger partial charge >= 0.3 is 0 Å². The predicted molar refractivity (Wildman–Crippen MR) is 134 cm³/mol. The number of rotatable bonds is 10. The van der Waals surface area contributed by atoms with Crippen LogP contribution in [-0.4, -0.2) is 34.8 Å². The molecule has 1 unspecified atom stereocenters. The molecule has 0 aliphatic carbocycles. The molecule has 5 nitrogen and oxygen atoms in total. The lowest BCUT2D eigenvalue weighted by Gasteiger charge is -2.27. The van der Waals surface area contributed by atoms with Gasteiger partial charge in [0.15, 0.2) is 5.76 Å². The molecule has 0 bridgehead atoms. The van der Waals surface area contributed by atoms with Gasteiger partial charge in [0.25, 0.3) is 5.91 Å². The van der Waals surface area contributed by atoms with Crippen LogP contribution in [0.25, 0.3) is 0 Å². The lowest BCUT2D eigenvalue weighted by Crippen LogP contribution is -2.33. The van der Waals surface area contributed by atoms with E-state index in [-0.39, 0.29) is 11.4 Å². The molecule has 0 fully saturated rings. The number of amides is 1. The maximum Gasteiger partial charge on any atom is 0.290 e. The van der Waals surface area contributed by atoms with Gasteiger partial charge < -0.3 is 14.7 Å². The smallest absolute Gasteiger partial charge is 0.290 e. The van der Waals surface area contributed by atoms with E-state index >= 15 is 0 Å². The SMILES string of the molecule is CC(C)CCOc1cccc(C2C(C(=O)c3cccs3)=C(O)C(=O)N2CCc2ccccc2)c1. The van der Waals surface area contributed by atoms with E-state index in [1.807, 2.05) is 60.0 Å². The summed E-state index contributed by atoms with van der Waals surface area (Å²) in [7, 11) is 0. The van der Waals surface area contributed by atoms with E-state index < -0.39 is 17.7 Å². The molecule has 34 heavy (non-hydrogen) atoms. The van der Waals surface area contributed by atoms with E-state index in [1.165, 1.54) is 11.3 Å². The molecule has 2 aromatic carbocycles. The second kappa shape index (κ2) is 10.7. The van der Waals surface area contributed by atoms with Gasteiger partial charge in [-0.3, -0.25) is 9.59 Å². The molecule has 0 radical (unpaired) electrons. The Morgan fingerprint density at radius 1 is 1.09 bits per heavy atom. The average Bonchev–Trinajstić information content (AvgIpc) is 3.46. The molecule has 1 amide bonds. The van der Waals surface area contributed by atoms with E-state index in [9.17, 15) is 14.7 Å². The van der Waals surface area contributed by atoms with Crippen LogP contribution in [-0.2, 0) is 11.2 Å². The van der Waals surface area contributed by atoms with Crippen LogP contribution in [0.5, 0.6) is 5.75 Å². The number of carbonyl (C=O) groups is 2. The summed E-state index contributed by atoms with van der Waals surface area (Å²) >= 11 is 1.30. The number of Topliss-reactive ketones (excluding diaryl/α,β-unsaturated/α-hetero) is 1. The van der Waals surface area contributed by atoms with Crippen molar-refractivity contribution in [3.63, 3.8) is 0 Å². The highest BCUT2D eigenvalue weighted by Crippen LogP contribution is 2.40. The highest BCUT2D eigenvalue weighted by atomic mass is 32.1. The third kappa shape index (κ3) is 5.23. The van der Waals surface area contributed by atoms with Gasteiger partial charge in [-0.1, -0.05) is 62.4 Å². The van der Waals surface area contributed by atoms with Crippen molar-refractivity contribution in [3.05, 3.63) is 99.4 Å². The van der Waals surface area contributed by atoms with Crippen LogP contribution < -0.4 is 4.74 Å². The van der Waals surface area contributed by atoms with E-state index in [2.05, 4.69) is 13.8 Å². The lowest BCUT2D eigenvalue weighted by molar-refractivity contribution is -0.129. The van der Waals surface area contributed by atoms with Crippen LogP contribution in [0.4, 0.5) is 0 Å². The lowest BCUT2D eigenvalue weighted by atomic mass is 9.95. The normalized spacial score (nSPS) is 15.9. The summed E-state index contributed by atoms with van der Waals surface area (Å²) in [5, 5.41) is 12.7. The summed E-state index contributed by atoms with van der Waals surface area (Å²) in [6.45, 7) is 5.25. The number of thiophene rings is 1. The molecular weight excluding hydrogens is 446 g/mol. The van der Waals surface area contributed by atoms with E-state index in [1.54, 1.807) is 17.0 Å². The Morgan fingerprint density at radius 3 is 2.59 bits per heavy atom.